The van der Waals surface area contributed by atoms with E-state index in [9.17, 15) is 19.8 Å². The highest BCUT2D eigenvalue weighted by Gasteiger charge is 2.51. The zero-order valence-corrected chi connectivity index (χ0v) is 22.9. The van der Waals surface area contributed by atoms with E-state index in [1.807, 2.05) is 0 Å². The fraction of sp³-hybridized carbons (Fsp3) is 0.300. The summed E-state index contributed by atoms with van der Waals surface area (Å²) >= 11 is 6.04. The van der Waals surface area contributed by atoms with E-state index in [0.29, 0.717) is 17.5 Å². The number of hydrogen-bond acceptors (Lipinski definition) is 5. The molecule has 0 bridgehead atoms. The molecule has 212 valence electrons. The number of carbonyl (C=O) groups excluding carboxylic acids is 1. The summed E-state index contributed by atoms with van der Waals surface area (Å²) in [7, 11) is 0. The number of carboxylic acid groups (broad SMARTS) is 1. The first kappa shape index (κ1) is 27.2. The van der Waals surface area contributed by atoms with Gasteiger partial charge in [-0.25, -0.2) is 19.1 Å². The summed E-state index contributed by atoms with van der Waals surface area (Å²) in [5.74, 6) is -1.25. The second kappa shape index (κ2) is 10.8. The van der Waals surface area contributed by atoms with Crippen LogP contribution in [0.25, 0.3) is 11.0 Å². The second-order valence-electron chi connectivity index (χ2n) is 10.4. The molecule has 3 aromatic carbocycles. The Morgan fingerprint density at radius 2 is 1.88 bits per heavy atom. The van der Waals surface area contributed by atoms with Crippen molar-refractivity contribution in [2.45, 2.75) is 31.4 Å². The SMILES string of the molecule is O=C(O)N(CCCN1CCCCC1)c1nc2ccc(C3(O)c4ccccc4C(=O)N3c3cccc(Cl)c3F)cc2[nH]1. The van der Waals surface area contributed by atoms with Gasteiger partial charge in [0, 0.05) is 23.2 Å². The molecule has 2 amide bonds. The number of aliphatic hydroxyl groups is 1. The number of fused-ring (bicyclic) bond motifs is 2. The molecule has 1 saturated heterocycles. The highest BCUT2D eigenvalue weighted by Crippen LogP contribution is 2.46. The van der Waals surface area contributed by atoms with Gasteiger partial charge in [-0.05, 0) is 69.2 Å². The van der Waals surface area contributed by atoms with E-state index in [1.54, 1.807) is 42.5 Å². The number of nitrogens with zero attached hydrogens (tertiary/aromatic N) is 4. The van der Waals surface area contributed by atoms with Crippen molar-refractivity contribution >= 4 is 46.3 Å². The predicted octanol–water partition coefficient (Wildman–Crippen LogP) is 5.57. The van der Waals surface area contributed by atoms with E-state index in [1.165, 1.54) is 42.4 Å². The number of nitrogens with one attached hydrogen (secondary N) is 1. The van der Waals surface area contributed by atoms with Crippen LogP contribution in [-0.2, 0) is 5.72 Å². The largest absolute Gasteiger partial charge is 0.465 e. The summed E-state index contributed by atoms with van der Waals surface area (Å²) in [5, 5.41) is 22.0. The molecule has 0 radical (unpaired) electrons. The third kappa shape index (κ3) is 4.71. The third-order valence-corrected chi connectivity index (χ3v) is 8.19. The topological polar surface area (TPSA) is 113 Å². The maximum absolute atomic E-state index is 15.2. The number of aromatic nitrogens is 2. The number of aromatic amines is 1. The normalized spacial score (nSPS) is 19.1. The molecule has 0 saturated carbocycles. The van der Waals surface area contributed by atoms with Gasteiger partial charge >= 0.3 is 6.09 Å². The second-order valence-corrected chi connectivity index (χ2v) is 10.8. The van der Waals surface area contributed by atoms with Gasteiger partial charge in [-0.3, -0.25) is 9.69 Å². The third-order valence-electron chi connectivity index (χ3n) is 7.90. The molecule has 41 heavy (non-hydrogen) atoms. The zero-order chi connectivity index (χ0) is 28.7. The first-order valence-electron chi connectivity index (χ1n) is 13.6. The number of likely N-dealkylation sites (tertiary alicyclic amines) is 1. The fourth-order valence-corrected chi connectivity index (χ4v) is 6.03. The minimum absolute atomic E-state index is 0.163. The van der Waals surface area contributed by atoms with Crippen LogP contribution in [0.5, 0.6) is 0 Å². The minimum atomic E-state index is -2.07. The smallest absolute Gasteiger partial charge is 0.414 e. The number of rotatable bonds is 7. The average molecular weight is 578 g/mol. The monoisotopic (exact) mass is 577 g/mol. The summed E-state index contributed by atoms with van der Waals surface area (Å²) in [4.78, 5) is 37.8. The maximum Gasteiger partial charge on any atom is 0.414 e. The Morgan fingerprint density at radius 1 is 1.10 bits per heavy atom. The lowest BCUT2D eigenvalue weighted by Crippen LogP contribution is -2.45. The summed E-state index contributed by atoms with van der Waals surface area (Å²) in [5.41, 5.74) is -0.523. The number of benzene rings is 3. The number of hydrogen-bond donors (Lipinski definition) is 3. The summed E-state index contributed by atoms with van der Waals surface area (Å²) in [6.07, 6.45) is 3.10. The lowest BCUT2D eigenvalue weighted by atomic mass is 9.93. The van der Waals surface area contributed by atoms with Crippen LogP contribution in [0.2, 0.25) is 5.02 Å². The number of carbonyl (C=O) groups is 2. The van der Waals surface area contributed by atoms with Crippen LogP contribution in [0.15, 0.2) is 60.7 Å². The molecular formula is C30H29ClFN5O4. The van der Waals surface area contributed by atoms with Gasteiger partial charge in [0.2, 0.25) is 5.95 Å². The lowest BCUT2D eigenvalue weighted by Gasteiger charge is -2.35. The molecular weight excluding hydrogens is 549 g/mol. The van der Waals surface area contributed by atoms with Crippen molar-refractivity contribution in [3.8, 4) is 0 Å². The average Bonchev–Trinajstić information content (AvgIpc) is 3.50. The quantitative estimate of drug-likeness (QED) is 0.265. The van der Waals surface area contributed by atoms with Gasteiger partial charge in [0.25, 0.3) is 5.91 Å². The molecule has 3 N–H and O–H groups in total. The van der Waals surface area contributed by atoms with Crippen LogP contribution in [0.3, 0.4) is 0 Å². The van der Waals surface area contributed by atoms with E-state index >= 15 is 4.39 Å². The molecule has 9 nitrogen and oxygen atoms in total. The van der Waals surface area contributed by atoms with Crippen LogP contribution in [0, 0.1) is 5.82 Å². The van der Waals surface area contributed by atoms with Crippen molar-refractivity contribution in [3.05, 3.63) is 88.2 Å². The Hall–Kier alpha value is -3.99. The molecule has 0 spiro atoms. The van der Waals surface area contributed by atoms with Crippen molar-refractivity contribution in [1.82, 2.24) is 14.9 Å². The summed E-state index contributed by atoms with van der Waals surface area (Å²) in [6.45, 7) is 3.15. The minimum Gasteiger partial charge on any atom is -0.465 e. The highest BCUT2D eigenvalue weighted by atomic mass is 35.5. The first-order chi connectivity index (χ1) is 19.8. The van der Waals surface area contributed by atoms with E-state index in [0.717, 1.165) is 24.5 Å². The Morgan fingerprint density at radius 3 is 2.66 bits per heavy atom. The molecule has 11 heteroatoms. The van der Waals surface area contributed by atoms with E-state index in [2.05, 4.69) is 14.9 Å². The van der Waals surface area contributed by atoms with Crippen molar-refractivity contribution in [3.63, 3.8) is 0 Å². The van der Waals surface area contributed by atoms with Crippen LogP contribution >= 0.6 is 11.6 Å². The molecule has 0 aliphatic carbocycles. The van der Waals surface area contributed by atoms with Crippen molar-refractivity contribution in [1.29, 1.82) is 0 Å². The molecule has 2 aliphatic rings. The Labute approximate surface area is 240 Å². The number of amides is 2. The summed E-state index contributed by atoms with van der Waals surface area (Å²) < 4.78 is 15.2. The van der Waals surface area contributed by atoms with Gasteiger partial charge in [-0.2, -0.15) is 0 Å². The standard InChI is InChI=1S/C30H29ClFN5O4/c31-22-10-6-11-25(26(22)32)37-27(38)20-8-2-3-9-21(20)30(37,41)19-12-13-23-24(18-19)34-28(33-23)36(29(39)40)17-7-16-35-14-4-1-5-15-35/h2-3,6,8-13,18,41H,1,4-5,7,14-17H2,(H,33,34)(H,39,40). The van der Waals surface area contributed by atoms with E-state index in [4.69, 9.17) is 11.6 Å². The number of piperidine rings is 1. The van der Waals surface area contributed by atoms with Crippen LogP contribution < -0.4 is 9.80 Å². The van der Waals surface area contributed by atoms with Crippen molar-refractivity contribution in [2.75, 3.05) is 36.0 Å². The van der Waals surface area contributed by atoms with Crippen LogP contribution in [-0.4, -0.2) is 63.3 Å². The van der Waals surface area contributed by atoms with Gasteiger partial charge in [0.05, 0.1) is 21.7 Å². The number of halogens is 2. The molecule has 4 aromatic rings. The Bertz CT molecular complexity index is 1640. The van der Waals surface area contributed by atoms with Gasteiger partial charge in [0.1, 0.15) is 0 Å². The Kier molecular flexibility index (Phi) is 7.14. The van der Waals surface area contributed by atoms with Crippen LogP contribution in [0.4, 0.5) is 20.8 Å². The predicted molar refractivity (Wildman–Crippen MR) is 154 cm³/mol. The molecule has 3 heterocycles. The first-order valence-corrected chi connectivity index (χ1v) is 14.0. The molecule has 2 aliphatic heterocycles. The molecule has 1 fully saturated rings. The maximum atomic E-state index is 15.2. The number of imidazole rings is 1. The van der Waals surface area contributed by atoms with Gasteiger partial charge < -0.3 is 20.1 Å². The number of anilines is 2. The van der Waals surface area contributed by atoms with E-state index < -0.39 is 23.5 Å². The number of H-pyrrole nitrogens is 1. The Balaban J connectivity index is 1.36. The summed E-state index contributed by atoms with van der Waals surface area (Å²) in [6, 6.07) is 15.6. The van der Waals surface area contributed by atoms with Crippen molar-refractivity contribution < 1.29 is 24.2 Å². The molecule has 1 unspecified atom stereocenters. The van der Waals surface area contributed by atoms with Crippen molar-refractivity contribution in [2.24, 2.45) is 0 Å². The fourth-order valence-electron chi connectivity index (χ4n) is 5.86. The van der Waals surface area contributed by atoms with Gasteiger partial charge in [0.15, 0.2) is 11.5 Å². The molecule has 1 atom stereocenters. The zero-order valence-electron chi connectivity index (χ0n) is 22.2. The molecule has 6 rings (SSSR count). The van der Waals surface area contributed by atoms with Gasteiger partial charge in [-0.15, -0.1) is 0 Å². The lowest BCUT2D eigenvalue weighted by molar-refractivity contribution is 0.0699. The highest BCUT2D eigenvalue weighted by molar-refractivity contribution is 6.31. The van der Waals surface area contributed by atoms with Gasteiger partial charge in [-0.1, -0.05) is 48.4 Å². The van der Waals surface area contributed by atoms with Crippen LogP contribution in [0.1, 0.15) is 47.2 Å². The molecule has 1 aromatic heterocycles. The van der Waals surface area contributed by atoms with E-state index in [-0.39, 0.29) is 39.9 Å².